The Labute approximate surface area is 184 Å². The number of rotatable bonds is 6. The molecule has 1 aliphatic heterocycles. The maximum Gasteiger partial charge on any atom is 0.242 e. The number of hydrogen-bond donors (Lipinski definition) is 1. The number of thioether (sulfide) groups is 1. The van der Waals surface area contributed by atoms with Crippen LogP contribution in [-0.4, -0.2) is 33.7 Å². The second kappa shape index (κ2) is 9.65. The lowest BCUT2D eigenvalue weighted by molar-refractivity contribution is -0.128. The first-order valence-corrected chi connectivity index (χ1v) is 10.9. The lowest BCUT2D eigenvalue weighted by Crippen LogP contribution is -2.33. The van der Waals surface area contributed by atoms with Gasteiger partial charge in [-0.15, -0.1) is 0 Å². The summed E-state index contributed by atoms with van der Waals surface area (Å²) in [5, 5.41) is 3.83. The van der Waals surface area contributed by atoms with Gasteiger partial charge >= 0.3 is 0 Å². The molecule has 0 aliphatic carbocycles. The number of amidine groups is 1. The van der Waals surface area contributed by atoms with E-state index in [0.717, 1.165) is 12.1 Å². The van der Waals surface area contributed by atoms with Crippen molar-refractivity contribution in [2.75, 3.05) is 11.9 Å². The zero-order valence-corrected chi connectivity index (χ0v) is 18.4. The van der Waals surface area contributed by atoms with Crippen molar-refractivity contribution in [1.82, 2.24) is 4.90 Å². The predicted molar refractivity (Wildman–Crippen MR) is 121 cm³/mol. The Kier molecular flexibility index (Phi) is 7.22. The van der Waals surface area contributed by atoms with E-state index < -0.39 is 5.25 Å². The van der Waals surface area contributed by atoms with Crippen molar-refractivity contribution < 1.29 is 9.59 Å². The summed E-state index contributed by atoms with van der Waals surface area (Å²) in [7, 11) is 0. The van der Waals surface area contributed by atoms with Gasteiger partial charge in [0, 0.05) is 28.7 Å². The van der Waals surface area contributed by atoms with E-state index in [4.69, 9.17) is 23.2 Å². The largest absolute Gasteiger partial charge is 0.326 e. The molecule has 2 amide bonds. The fraction of sp³-hybridized carbons (Fsp3) is 0.286. The monoisotopic (exact) mass is 449 g/mol. The number of halogens is 2. The third-order valence-electron chi connectivity index (χ3n) is 4.43. The molecule has 2 aromatic carbocycles. The van der Waals surface area contributed by atoms with Crippen molar-refractivity contribution in [3.63, 3.8) is 0 Å². The molecule has 152 valence electrons. The molecular weight excluding hydrogens is 429 g/mol. The van der Waals surface area contributed by atoms with Gasteiger partial charge in [-0.2, -0.15) is 0 Å². The van der Waals surface area contributed by atoms with Gasteiger partial charge in [0.1, 0.15) is 5.25 Å². The van der Waals surface area contributed by atoms with Crippen LogP contribution in [0, 0.1) is 0 Å². The third-order valence-corrected chi connectivity index (χ3v) is 6.04. The highest BCUT2D eigenvalue weighted by atomic mass is 35.5. The minimum atomic E-state index is -0.515. The lowest BCUT2D eigenvalue weighted by Gasteiger charge is -2.13. The zero-order valence-electron chi connectivity index (χ0n) is 16.1. The second-order valence-electron chi connectivity index (χ2n) is 6.51. The van der Waals surface area contributed by atoms with E-state index in [1.165, 1.54) is 17.3 Å². The Hall–Kier alpha value is -2.02. The van der Waals surface area contributed by atoms with Gasteiger partial charge in [0.2, 0.25) is 11.8 Å². The number of nitrogens with zero attached hydrogens (tertiary/aromatic N) is 2. The molecule has 1 aliphatic rings. The van der Waals surface area contributed by atoms with E-state index in [2.05, 4.69) is 17.2 Å². The number of benzene rings is 2. The average molecular weight is 450 g/mol. The van der Waals surface area contributed by atoms with Crippen molar-refractivity contribution in [3.8, 4) is 0 Å². The van der Waals surface area contributed by atoms with Crippen LogP contribution < -0.4 is 5.32 Å². The van der Waals surface area contributed by atoms with Gasteiger partial charge in [-0.1, -0.05) is 54.0 Å². The summed E-state index contributed by atoms with van der Waals surface area (Å²) in [4.78, 5) is 31.3. The molecule has 2 aromatic rings. The molecule has 1 fully saturated rings. The first kappa shape index (κ1) is 21.7. The van der Waals surface area contributed by atoms with E-state index >= 15 is 0 Å². The first-order valence-electron chi connectivity index (χ1n) is 9.31. The van der Waals surface area contributed by atoms with Gasteiger partial charge in [-0.3, -0.25) is 14.5 Å². The molecule has 1 unspecified atom stereocenters. The van der Waals surface area contributed by atoms with E-state index in [1.54, 1.807) is 23.1 Å². The highest BCUT2D eigenvalue weighted by Gasteiger charge is 2.38. The molecule has 1 atom stereocenters. The number of nitrogens with one attached hydrogen (secondary N) is 1. The molecule has 0 bridgehead atoms. The number of hydrogen-bond acceptors (Lipinski definition) is 4. The topological polar surface area (TPSA) is 61.8 Å². The van der Waals surface area contributed by atoms with Crippen molar-refractivity contribution in [2.24, 2.45) is 4.99 Å². The minimum Gasteiger partial charge on any atom is -0.326 e. The van der Waals surface area contributed by atoms with Crippen LogP contribution in [0.1, 0.15) is 25.8 Å². The van der Waals surface area contributed by atoms with E-state index in [1.807, 2.05) is 31.2 Å². The number of anilines is 1. The van der Waals surface area contributed by atoms with Crippen LogP contribution in [0.2, 0.25) is 10.0 Å². The molecule has 8 heteroatoms. The van der Waals surface area contributed by atoms with Gasteiger partial charge in [-0.05, 0) is 49.2 Å². The van der Waals surface area contributed by atoms with Crippen LogP contribution in [-0.2, 0) is 16.0 Å². The zero-order chi connectivity index (χ0) is 21.0. The number of aryl methyl sites for hydroxylation is 1. The number of amides is 2. The van der Waals surface area contributed by atoms with Gasteiger partial charge in [-0.25, -0.2) is 4.99 Å². The Balaban J connectivity index is 1.70. The van der Waals surface area contributed by atoms with Crippen LogP contribution in [0.3, 0.4) is 0 Å². The predicted octanol–water partition coefficient (Wildman–Crippen LogP) is 5.54. The van der Waals surface area contributed by atoms with Crippen molar-refractivity contribution in [3.05, 3.63) is 58.1 Å². The molecule has 1 heterocycles. The van der Waals surface area contributed by atoms with Gasteiger partial charge in [0.05, 0.1) is 5.69 Å². The molecule has 3 rings (SSSR count). The average Bonchev–Trinajstić information content (AvgIpc) is 2.95. The van der Waals surface area contributed by atoms with E-state index in [0.29, 0.717) is 27.4 Å². The number of carbonyl (C=O) groups excluding carboxylic acids is 2. The fourth-order valence-corrected chi connectivity index (χ4v) is 4.67. The van der Waals surface area contributed by atoms with Crippen molar-refractivity contribution >= 4 is 63.3 Å². The van der Waals surface area contributed by atoms with Gasteiger partial charge in [0.15, 0.2) is 5.17 Å². The van der Waals surface area contributed by atoms with Crippen LogP contribution in [0.15, 0.2) is 47.5 Å². The molecule has 0 saturated carbocycles. The highest BCUT2D eigenvalue weighted by Crippen LogP contribution is 2.33. The first-order chi connectivity index (χ1) is 13.9. The summed E-state index contributed by atoms with van der Waals surface area (Å²) in [5.74, 6) is -0.330. The number of aliphatic imine (C=N–C) groups is 1. The summed E-state index contributed by atoms with van der Waals surface area (Å²) in [6.07, 6.45) is 1.01. The summed E-state index contributed by atoms with van der Waals surface area (Å²) >= 11 is 13.4. The molecule has 29 heavy (non-hydrogen) atoms. The van der Waals surface area contributed by atoms with Crippen LogP contribution >= 0.6 is 35.0 Å². The van der Waals surface area contributed by atoms with Crippen molar-refractivity contribution in [1.29, 1.82) is 0 Å². The number of carbonyl (C=O) groups is 2. The van der Waals surface area contributed by atoms with Gasteiger partial charge in [0.25, 0.3) is 0 Å². The molecule has 0 aromatic heterocycles. The SMILES string of the molecule is CCc1ccc(NC(=O)CC2SC(=Nc3cc(Cl)cc(Cl)c3)N(CC)C2=O)cc1. The Morgan fingerprint density at radius 1 is 1.14 bits per heavy atom. The molecule has 5 nitrogen and oxygen atoms in total. The molecule has 0 radical (unpaired) electrons. The Bertz CT molecular complexity index is 927. The standard InChI is InChI=1S/C21H21Cl2N3O2S/c1-3-13-5-7-16(8-6-13)24-19(27)12-18-20(28)26(4-2)21(29-18)25-17-10-14(22)9-15(23)11-17/h5-11,18H,3-4,12H2,1-2H3,(H,24,27). The second-order valence-corrected chi connectivity index (χ2v) is 8.56. The third kappa shape index (κ3) is 5.53. The maximum absolute atomic E-state index is 12.7. The van der Waals surface area contributed by atoms with Crippen LogP contribution in [0.4, 0.5) is 11.4 Å². The van der Waals surface area contributed by atoms with Crippen LogP contribution in [0.5, 0.6) is 0 Å². The molecule has 1 saturated heterocycles. The Morgan fingerprint density at radius 2 is 1.79 bits per heavy atom. The summed E-state index contributed by atoms with van der Waals surface area (Å²) in [6.45, 7) is 4.42. The molecule has 1 N–H and O–H groups in total. The quantitative estimate of drug-likeness (QED) is 0.629. The lowest BCUT2D eigenvalue weighted by atomic mass is 10.1. The maximum atomic E-state index is 12.7. The minimum absolute atomic E-state index is 0.0743. The smallest absolute Gasteiger partial charge is 0.242 e. The summed E-state index contributed by atoms with van der Waals surface area (Å²) < 4.78 is 0. The highest BCUT2D eigenvalue weighted by molar-refractivity contribution is 8.15. The summed E-state index contributed by atoms with van der Waals surface area (Å²) in [6, 6.07) is 12.7. The fourth-order valence-electron chi connectivity index (χ4n) is 2.93. The normalized spacial score (nSPS) is 17.8. The van der Waals surface area contributed by atoms with Crippen molar-refractivity contribution in [2.45, 2.75) is 31.9 Å². The summed E-state index contributed by atoms with van der Waals surface area (Å²) in [5.41, 5.74) is 2.49. The molecular formula is C21H21Cl2N3O2S. The Morgan fingerprint density at radius 3 is 2.38 bits per heavy atom. The van der Waals surface area contributed by atoms with Crippen LogP contribution in [0.25, 0.3) is 0 Å². The van der Waals surface area contributed by atoms with E-state index in [-0.39, 0.29) is 18.2 Å². The van der Waals surface area contributed by atoms with E-state index in [9.17, 15) is 9.59 Å². The molecule has 0 spiro atoms. The van der Waals surface area contributed by atoms with Gasteiger partial charge < -0.3 is 5.32 Å².